The van der Waals surface area contributed by atoms with E-state index in [1.807, 2.05) is 39.8 Å². The lowest BCUT2D eigenvalue weighted by molar-refractivity contribution is 0.0717. The number of imidazole rings is 1. The molecule has 0 N–H and O–H groups in total. The third kappa shape index (κ3) is 3.36. The molecule has 1 fully saturated rings. The number of carbonyl (C=O) groups excluding carboxylic acids is 2. The van der Waals surface area contributed by atoms with Crippen molar-refractivity contribution in [2.45, 2.75) is 45.1 Å². The molecule has 0 aliphatic carbocycles. The molecule has 2 aromatic rings. The van der Waals surface area contributed by atoms with Gasteiger partial charge in [-0.15, -0.1) is 0 Å². The molecule has 0 unspecified atom stereocenters. The molecule has 2 aliphatic rings. The van der Waals surface area contributed by atoms with E-state index in [-0.39, 0.29) is 11.8 Å². The highest BCUT2D eigenvalue weighted by atomic mass is 16.2. The molecule has 3 heterocycles. The number of amides is 2. The Labute approximate surface area is 159 Å². The molecule has 27 heavy (non-hydrogen) atoms. The van der Waals surface area contributed by atoms with Crippen molar-refractivity contribution < 1.29 is 9.59 Å². The van der Waals surface area contributed by atoms with E-state index in [1.54, 1.807) is 11.9 Å². The van der Waals surface area contributed by atoms with Crippen LogP contribution in [-0.2, 0) is 13.0 Å². The molecule has 0 saturated carbocycles. The van der Waals surface area contributed by atoms with Crippen LogP contribution in [-0.4, -0.2) is 46.4 Å². The first-order valence-electron chi connectivity index (χ1n) is 9.88. The van der Waals surface area contributed by atoms with E-state index in [1.165, 1.54) is 6.42 Å². The molecule has 0 atom stereocenters. The Morgan fingerprint density at radius 1 is 0.963 bits per heavy atom. The molecule has 1 aromatic heterocycles. The van der Waals surface area contributed by atoms with Crippen molar-refractivity contribution in [3.63, 3.8) is 0 Å². The van der Waals surface area contributed by atoms with Gasteiger partial charge in [0, 0.05) is 32.4 Å². The number of aromatic nitrogens is 2. The molecule has 1 saturated heterocycles. The van der Waals surface area contributed by atoms with Gasteiger partial charge < -0.3 is 14.4 Å². The van der Waals surface area contributed by atoms with Crippen molar-refractivity contribution >= 4 is 17.5 Å². The molecule has 4 rings (SSSR count). The number of piperidine rings is 1. The molecular formula is C21H26N4O2. The highest BCUT2D eigenvalue weighted by Crippen LogP contribution is 2.25. The molecule has 0 bridgehead atoms. The number of para-hydroxylation sites is 1. The van der Waals surface area contributed by atoms with Gasteiger partial charge in [0.2, 0.25) is 5.82 Å². The van der Waals surface area contributed by atoms with E-state index in [0.29, 0.717) is 11.5 Å². The third-order valence-electron chi connectivity index (χ3n) is 5.60. The Morgan fingerprint density at radius 2 is 1.67 bits per heavy atom. The number of hydrogen-bond acceptors (Lipinski definition) is 3. The molecule has 0 radical (unpaired) electrons. The smallest absolute Gasteiger partial charge is 0.294 e. The quantitative estimate of drug-likeness (QED) is 0.839. The van der Waals surface area contributed by atoms with E-state index in [9.17, 15) is 9.59 Å². The monoisotopic (exact) mass is 366 g/mol. The molecule has 2 amide bonds. The largest absolute Gasteiger partial charge is 0.337 e. The summed E-state index contributed by atoms with van der Waals surface area (Å²) in [4.78, 5) is 34.3. The van der Waals surface area contributed by atoms with Crippen LogP contribution in [0.5, 0.6) is 0 Å². The SMILES string of the molecule is CN(C(=O)c1nc(C(=O)N2CCCCC2)c2n1CCCC2)c1ccccc1. The molecule has 6 nitrogen and oxygen atoms in total. The Balaban J connectivity index is 1.68. The minimum absolute atomic E-state index is 0.0123. The molecule has 0 spiro atoms. The van der Waals surface area contributed by atoms with Gasteiger partial charge in [-0.1, -0.05) is 18.2 Å². The van der Waals surface area contributed by atoms with Crippen LogP contribution in [0.1, 0.15) is 58.9 Å². The summed E-state index contributed by atoms with van der Waals surface area (Å²) in [5.74, 6) is 0.209. The van der Waals surface area contributed by atoms with E-state index in [2.05, 4.69) is 4.98 Å². The zero-order chi connectivity index (χ0) is 18.8. The number of hydrogen-bond donors (Lipinski definition) is 0. The van der Waals surface area contributed by atoms with Gasteiger partial charge in [0.15, 0.2) is 0 Å². The maximum Gasteiger partial charge on any atom is 0.294 e. The van der Waals surface area contributed by atoms with Gasteiger partial charge in [-0.2, -0.15) is 0 Å². The molecule has 2 aliphatic heterocycles. The van der Waals surface area contributed by atoms with Crippen molar-refractivity contribution in [1.82, 2.24) is 14.5 Å². The highest BCUT2D eigenvalue weighted by molar-refractivity contribution is 6.05. The number of likely N-dealkylation sites (tertiary alicyclic amines) is 1. The Kier molecular flexibility index (Phi) is 4.97. The molecule has 6 heteroatoms. The summed E-state index contributed by atoms with van der Waals surface area (Å²) in [6, 6.07) is 9.54. The van der Waals surface area contributed by atoms with Crippen LogP contribution in [0, 0.1) is 0 Å². The predicted octanol–water partition coefficient (Wildman–Crippen LogP) is 3.12. The van der Waals surface area contributed by atoms with Gasteiger partial charge in [0.25, 0.3) is 11.8 Å². The summed E-state index contributed by atoms with van der Waals surface area (Å²) in [7, 11) is 1.76. The Hall–Kier alpha value is -2.63. The lowest BCUT2D eigenvalue weighted by atomic mass is 10.1. The van der Waals surface area contributed by atoms with Crippen LogP contribution in [0.25, 0.3) is 0 Å². The van der Waals surface area contributed by atoms with Gasteiger partial charge in [-0.3, -0.25) is 9.59 Å². The van der Waals surface area contributed by atoms with E-state index >= 15 is 0 Å². The molecular weight excluding hydrogens is 340 g/mol. The first-order chi connectivity index (χ1) is 13.2. The van der Waals surface area contributed by atoms with Gasteiger partial charge >= 0.3 is 0 Å². The number of fused-ring (bicyclic) bond motifs is 1. The molecule has 1 aromatic carbocycles. The van der Waals surface area contributed by atoms with Crippen molar-refractivity contribution in [2.75, 3.05) is 25.0 Å². The summed E-state index contributed by atoms with van der Waals surface area (Å²) in [6.07, 6.45) is 6.12. The van der Waals surface area contributed by atoms with Gasteiger partial charge in [0.05, 0.1) is 5.69 Å². The molecule has 142 valence electrons. The van der Waals surface area contributed by atoms with Gasteiger partial charge in [-0.25, -0.2) is 4.98 Å². The van der Waals surface area contributed by atoms with Crippen LogP contribution < -0.4 is 4.90 Å². The maximum atomic E-state index is 13.1. The summed E-state index contributed by atoms with van der Waals surface area (Å²) in [5.41, 5.74) is 2.24. The second kappa shape index (κ2) is 7.55. The average Bonchev–Trinajstić information content (AvgIpc) is 3.13. The lowest BCUT2D eigenvalue weighted by Crippen LogP contribution is -2.36. The lowest BCUT2D eigenvalue weighted by Gasteiger charge is -2.26. The van der Waals surface area contributed by atoms with Crippen molar-refractivity contribution in [1.29, 1.82) is 0 Å². The summed E-state index contributed by atoms with van der Waals surface area (Å²) in [5, 5.41) is 0. The van der Waals surface area contributed by atoms with Crippen LogP contribution in [0.3, 0.4) is 0 Å². The van der Waals surface area contributed by atoms with Gasteiger partial charge in [-0.05, 0) is 50.7 Å². The van der Waals surface area contributed by atoms with Crippen LogP contribution in [0.2, 0.25) is 0 Å². The second-order valence-electron chi connectivity index (χ2n) is 7.39. The fourth-order valence-corrected chi connectivity index (χ4v) is 4.04. The maximum absolute atomic E-state index is 13.1. The number of benzene rings is 1. The van der Waals surface area contributed by atoms with Gasteiger partial charge in [0.1, 0.15) is 5.69 Å². The standard InChI is InChI=1S/C21H26N4O2/c1-23(16-10-4-2-5-11-16)21(27)19-22-18(17-12-6-9-15-25(17)19)20(26)24-13-7-3-8-14-24/h2,4-5,10-11H,3,6-9,12-15H2,1H3. The number of rotatable bonds is 3. The van der Waals surface area contributed by atoms with Crippen LogP contribution in [0.15, 0.2) is 30.3 Å². The van der Waals surface area contributed by atoms with Crippen molar-refractivity contribution in [3.05, 3.63) is 47.5 Å². The van der Waals surface area contributed by atoms with E-state index in [4.69, 9.17) is 0 Å². The van der Waals surface area contributed by atoms with Crippen LogP contribution >= 0.6 is 0 Å². The van der Waals surface area contributed by atoms with Crippen LogP contribution in [0.4, 0.5) is 5.69 Å². The second-order valence-corrected chi connectivity index (χ2v) is 7.39. The zero-order valence-corrected chi connectivity index (χ0v) is 15.9. The normalized spacial score (nSPS) is 16.7. The highest BCUT2D eigenvalue weighted by Gasteiger charge is 2.31. The Bertz CT molecular complexity index is 837. The number of carbonyl (C=O) groups is 2. The number of nitrogens with zero attached hydrogens (tertiary/aromatic N) is 4. The van der Waals surface area contributed by atoms with Crippen molar-refractivity contribution in [2.24, 2.45) is 0 Å². The van der Waals surface area contributed by atoms with Crippen molar-refractivity contribution in [3.8, 4) is 0 Å². The number of anilines is 1. The first-order valence-corrected chi connectivity index (χ1v) is 9.88. The summed E-state index contributed by atoms with van der Waals surface area (Å²) >= 11 is 0. The minimum atomic E-state index is -0.165. The van der Waals surface area contributed by atoms with E-state index < -0.39 is 0 Å². The minimum Gasteiger partial charge on any atom is -0.337 e. The average molecular weight is 366 g/mol. The Morgan fingerprint density at radius 3 is 2.41 bits per heavy atom. The fraction of sp³-hybridized carbons (Fsp3) is 0.476. The summed E-state index contributed by atoms with van der Waals surface area (Å²) < 4.78 is 1.97. The summed E-state index contributed by atoms with van der Waals surface area (Å²) in [6.45, 7) is 2.33. The zero-order valence-electron chi connectivity index (χ0n) is 15.9. The first kappa shape index (κ1) is 17.8. The third-order valence-corrected chi connectivity index (χ3v) is 5.60. The predicted molar refractivity (Wildman–Crippen MR) is 104 cm³/mol. The topological polar surface area (TPSA) is 58.4 Å². The van der Waals surface area contributed by atoms with E-state index in [0.717, 1.165) is 63.1 Å². The fourth-order valence-electron chi connectivity index (χ4n) is 4.04.